The molecular weight excluding hydrogens is 258 g/mol. The maximum atomic E-state index is 10.4. The van der Waals surface area contributed by atoms with Crippen molar-refractivity contribution in [3.05, 3.63) is 0 Å². The van der Waals surface area contributed by atoms with Crippen LogP contribution < -0.4 is 5.32 Å². The Bertz CT molecular complexity index is 342. The van der Waals surface area contributed by atoms with Crippen molar-refractivity contribution < 1.29 is 5.11 Å². The van der Waals surface area contributed by atoms with E-state index in [0.29, 0.717) is 12.0 Å². The van der Waals surface area contributed by atoms with Gasteiger partial charge in [-0.2, -0.15) is 11.8 Å². The fourth-order valence-corrected chi connectivity index (χ4v) is 4.10. The molecule has 0 bridgehead atoms. The highest BCUT2D eigenvalue weighted by atomic mass is 32.2. The predicted octanol–water partition coefficient (Wildman–Crippen LogP) is 1.55. The molecule has 4 nitrogen and oxygen atoms in total. The number of thioether (sulfide) groups is 1. The normalized spacial score (nSPS) is 36.0. The second kappa shape index (κ2) is 5.92. The van der Waals surface area contributed by atoms with Crippen LogP contribution in [0.1, 0.15) is 33.1 Å². The third-order valence-electron chi connectivity index (χ3n) is 4.58. The molecule has 2 saturated heterocycles. The van der Waals surface area contributed by atoms with Gasteiger partial charge in [-0.25, -0.2) is 0 Å². The van der Waals surface area contributed by atoms with Crippen LogP contribution in [-0.2, 0) is 0 Å². The number of aliphatic imine (C=N–C) groups is 1. The van der Waals surface area contributed by atoms with Crippen molar-refractivity contribution in [3.8, 4) is 0 Å². The minimum Gasteiger partial charge on any atom is -0.387 e. The van der Waals surface area contributed by atoms with Gasteiger partial charge in [0.1, 0.15) is 0 Å². The van der Waals surface area contributed by atoms with Crippen molar-refractivity contribution in [2.75, 3.05) is 38.2 Å². The van der Waals surface area contributed by atoms with Crippen LogP contribution in [0.15, 0.2) is 4.99 Å². The Morgan fingerprint density at radius 3 is 2.79 bits per heavy atom. The van der Waals surface area contributed by atoms with Crippen LogP contribution in [0.4, 0.5) is 0 Å². The molecule has 110 valence electrons. The maximum Gasteiger partial charge on any atom is 0.193 e. The lowest BCUT2D eigenvalue weighted by molar-refractivity contribution is 0.0718. The van der Waals surface area contributed by atoms with E-state index in [-0.39, 0.29) is 0 Å². The summed E-state index contributed by atoms with van der Waals surface area (Å²) in [6.45, 7) is 7.36. The summed E-state index contributed by atoms with van der Waals surface area (Å²) < 4.78 is 0. The molecule has 19 heavy (non-hydrogen) atoms. The van der Waals surface area contributed by atoms with Crippen LogP contribution in [0.3, 0.4) is 0 Å². The van der Waals surface area contributed by atoms with E-state index < -0.39 is 5.60 Å². The third-order valence-corrected chi connectivity index (χ3v) is 5.82. The van der Waals surface area contributed by atoms with Crippen LogP contribution in [0.2, 0.25) is 0 Å². The molecule has 0 aromatic heterocycles. The van der Waals surface area contributed by atoms with Gasteiger partial charge >= 0.3 is 0 Å². The number of nitrogens with one attached hydrogen (secondary N) is 1. The predicted molar refractivity (Wildman–Crippen MR) is 82.8 cm³/mol. The van der Waals surface area contributed by atoms with Gasteiger partial charge in [0.15, 0.2) is 5.96 Å². The van der Waals surface area contributed by atoms with E-state index in [1.807, 2.05) is 18.8 Å². The van der Waals surface area contributed by atoms with Gasteiger partial charge in [-0.05, 0) is 30.4 Å². The monoisotopic (exact) mass is 285 g/mol. The summed E-state index contributed by atoms with van der Waals surface area (Å²) in [5, 5.41) is 13.7. The lowest BCUT2D eigenvalue weighted by Crippen LogP contribution is -2.48. The van der Waals surface area contributed by atoms with E-state index in [0.717, 1.165) is 37.0 Å². The molecule has 2 fully saturated rings. The first-order valence-electron chi connectivity index (χ1n) is 7.26. The number of hydrogen-bond donors (Lipinski definition) is 2. The van der Waals surface area contributed by atoms with Crippen molar-refractivity contribution in [3.63, 3.8) is 0 Å². The zero-order valence-corrected chi connectivity index (χ0v) is 13.2. The van der Waals surface area contributed by atoms with Gasteiger partial charge in [0.2, 0.25) is 0 Å². The standard InChI is InChI=1S/C14H27N3OS/c1-4-13(2)5-7-17(10-13)12(15-3)16-9-14(18)6-8-19-11-14/h18H,4-11H2,1-3H3,(H,15,16). The summed E-state index contributed by atoms with van der Waals surface area (Å²) in [5.41, 5.74) is -0.133. The summed E-state index contributed by atoms with van der Waals surface area (Å²) in [7, 11) is 1.83. The molecule has 2 N–H and O–H groups in total. The van der Waals surface area contributed by atoms with Crippen LogP contribution in [0, 0.1) is 5.41 Å². The highest BCUT2D eigenvalue weighted by Gasteiger charge is 2.35. The van der Waals surface area contributed by atoms with Gasteiger partial charge in [0, 0.05) is 32.4 Å². The molecule has 0 aromatic rings. The highest BCUT2D eigenvalue weighted by Crippen LogP contribution is 2.33. The molecule has 0 radical (unpaired) electrons. The number of nitrogens with zero attached hydrogens (tertiary/aromatic N) is 2. The molecular formula is C14H27N3OS. The van der Waals surface area contributed by atoms with E-state index in [1.165, 1.54) is 12.8 Å². The summed E-state index contributed by atoms with van der Waals surface area (Å²) in [6.07, 6.45) is 3.32. The van der Waals surface area contributed by atoms with Gasteiger partial charge in [-0.3, -0.25) is 4.99 Å². The molecule has 2 aliphatic rings. The second-order valence-electron chi connectivity index (χ2n) is 6.26. The highest BCUT2D eigenvalue weighted by molar-refractivity contribution is 7.99. The molecule has 0 spiro atoms. The molecule has 2 heterocycles. The van der Waals surface area contributed by atoms with Gasteiger partial charge in [0.05, 0.1) is 5.60 Å². The minimum absolute atomic E-state index is 0.414. The Kier molecular flexibility index (Phi) is 4.66. The average molecular weight is 285 g/mol. The summed E-state index contributed by atoms with van der Waals surface area (Å²) in [4.78, 5) is 6.70. The van der Waals surface area contributed by atoms with Gasteiger partial charge in [-0.1, -0.05) is 13.8 Å². The lowest BCUT2D eigenvalue weighted by Gasteiger charge is -2.28. The summed E-state index contributed by atoms with van der Waals surface area (Å²) in [6, 6.07) is 0. The first-order valence-corrected chi connectivity index (χ1v) is 8.41. The number of rotatable bonds is 3. The van der Waals surface area contributed by atoms with Crippen LogP contribution >= 0.6 is 11.8 Å². The zero-order chi connectivity index (χ0) is 13.9. The van der Waals surface area contributed by atoms with Crippen molar-refractivity contribution in [2.24, 2.45) is 10.4 Å². The SMILES string of the molecule is CCC1(C)CCN(C(=NC)NCC2(O)CCSC2)C1. The molecule has 0 amide bonds. The second-order valence-corrected chi connectivity index (χ2v) is 7.37. The average Bonchev–Trinajstić information content (AvgIpc) is 2.99. The number of likely N-dealkylation sites (tertiary alicyclic amines) is 1. The minimum atomic E-state index is -0.547. The Labute approximate surface area is 121 Å². The smallest absolute Gasteiger partial charge is 0.193 e. The number of guanidine groups is 1. The van der Waals surface area contributed by atoms with E-state index in [1.54, 1.807) is 0 Å². The number of hydrogen-bond acceptors (Lipinski definition) is 3. The van der Waals surface area contributed by atoms with Crippen molar-refractivity contribution in [1.29, 1.82) is 0 Å². The van der Waals surface area contributed by atoms with Gasteiger partial charge in [0.25, 0.3) is 0 Å². The molecule has 0 aliphatic carbocycles. The zero-order valence-electron chi connectivity index (χ0n) is 12.4. The maximum absolute atomic E-state index is 10.4. The third kappa shape index (κ3) is 3.57. The molecule has 2 unspecified atom stereocenters. The number of aliphatic hydroxyl groups is 1. The van der Waals surface area contributed by atoms with Crippen LogP contribution in [-0.4, -0.2) is 59.8 Å². The molecule has 2 rings (SSSR count). The largest absolute Gasteiger partial charge is 0.387 e. The molecule has 0 saturated carbocycles. The molecule has 2 atom stereocenters. The Balaban J connectivity index is 1.88. The van der Waals surface area contributed by atoms with Crippen LogP contribution in [0.5, 0.6) is 0 Å². The fraction of sp³-hybridized carbons (Fsp3) is 0.929. The van der Waals surface area contributed by atoms with E-state index in [4.69, 9.17) is 0 Å². The topological polar surface area (TPSA) is 47.9 Å². The quantitative estimate of drug-likeness (QED) is 0.610. The Hall–Kier alpha value is -0.420. The van der Waals surface area contributed by atoms with Crippen molar-refractivity contribution in [1.82, 2.24) is 10.2 Å². The van der Waals surface area contributed by atoms with E-state index >= 15 is 0 Å². The fourth-order valence-electron chi connectivity index (χ4n) is 2.80. The summed E-state index contributed by atoms with van der Waals surface area (Å²) >= 11 is 1.83. The van der Waals surface area contributed by atoms with E-state index in [2.05, 4.69) is 29.1 Å². The van der Waals surface area contributed by atoms with Gasteiger partial charge < -0.3 is 15.3 Å². The first kappa shape index (κ1) is 15.0. The Morgan fingerprint density at radius 1 is 1.47 bits per heavy atom. The van der Waals surface area contributed by atoms with Gasteiger partial charge in [-0.15, -0.1) is 0 Å². The molecule has 0 aromatic carbocycles. The molecule has 2 aliphatic heterocycles. The lowest BCUT2D eigenvalue weighted by atomic mass is 9.87. The van der Waals surface area contributed by atoms with Crippen LogP contribution in [0.25, 0.3) is 0 Å². The molecule has 5 heteroatoms. The van der Waals surface area contributed by atoms with E-state index in [9.17, 15) is 5.11 Å². The van der Waals surface area contributed by atoms with Crippen molar-refractivity contribution >= 4 is 17.7 Å². The summed E-state index contributed by atoms with van der Waals surface area (Å²) in [5.74, 6) is 2.85. The first-order chi connectivity index (χ1) is 9.00. The Morgan fingerprint density at radius 2 is 2.26 bits per heavy atom. The van der Waals surface area contributed by atoms with Crippen molar-refractivity contribution in [2.45, 2.75) is 38.7 Å².